The summed E-state index contributed by atoms with van der Waals surface area (Å²) in [5, 5.41) is 3.05. The van der Waals surface area contributed by atoms with E-state index >= 15 is 0 Å². The number of rotatable bonds is 7. The Morgan fingerprint density at radius 3 is 2.48 bits per heavy atom. The quantitative estimate of drug-likeness (QED) is 0.760. The minimum absolute atomic E-state index is 0.350. The van der Waals surface area contributed by atoms with Crippen LogP contribution >= 0.6 is 23.1 Å². The van der Waals surface area contributed by atoms with Gasteiger partial charge in [-0.05, 0) is 62.7 Å². The van der Waals surface area contributed by atoms with E-state index in [-0.39, 0.29) is 0 Å². The molecule has 0 amide bonds. The first-order chi connectivity index (χ1) is 10.0. The largest absolute Gasteiger partial charge is 0.319 e. The lowest BCUT2D eigenvalue weighted by molar-refractivity contribution is 0.603. The molecule has 0 aliphatic rings. The molecule has 2 rings (SSSR count). The summed E-state index contributed by atoms with van der Waals surface area (Å²) in [7, 11) is -1.62. The fourth-order valence-corrected chi connectivity index (χ4v) is 4.57. The summed E-state index contributed by atoms with van der Waals surface area (Å²) < 4.78 is 27.6. The molecule has 0 spiro atoms. The lowest BCUT2D eigenvalue weighted by Gasteiger charge is -2.06. The van der Waals surface area contributed by atoms with Crippen molar-refractivity contribution in [3.05, 3.63) is 41.3 Å². The van der Waals surface area contributed by atoms with Crippen molar-refractivity contribution in [2.75, 3.05) is 24.6 Å². The van der Waals surface area contributed by atoms with Crippen molar-refractivity contribution in [1.29, 1.82) is 0 Å². The fourth-order valence-electron chi connectivity index (χ4n) is 1.75. The van der Waals surface area contributed by atoms with Crippen molar-refractivity contribution in [3.8, 4) is 0 Å². The van der Waals surface area contributed by atoms with Gasteiger partial charge in [0.1, 0.15) is 4.21 Å². The van der Waals surface area contributed by atoms with Crippen LogP contribution in [0.5, 0.6) is 0 Å². The number of benzene rings is 1. The molecule has 0 fully saturated rings. The van der Waals surface area contributed by atoms with Crippen molar-refractivity contribution in [1.82, 2.24) is 5.32 Å². The molecule has 0 saturated carbocycles. The van der Waals surface area contributed by atoms with Crippen molar-refractivity contribution < 1.29 is 8.42 Å². The predicted molar refractivity (Wildman–Crippen MR) is 91.0 cm³/mol. The molecule has 0 bridgehead atoms. The second-order valence-corrected chi connectivity index (χ2v) is 8.37. The summed E-state index contributed by atoms with van der Waals surface area (Å²) >= 11 is 2.93. The van der Waals surface area contributed by atoms with Crippen LogP contribution in [0, 0.1) is 0 Å². The second kappa shape index (κ2) is 7.31. The molecular weight excluding hydrogens is 324 g/mol. The zero-order chi connectivity index (χ0) is 15.3. The molecule has 0 aliphatic carbocycles. The van der Waals surface area contributed by atoms with E-state index < -0.39 is 10.0 Å². The van der Waals surface area contributed by atoms with Gasteiger partial charge in [0, 0.05) is 15.5 Å². The van der Waals surface area contributed by atoms with Gasteiger partial charge >= 0.3 is 0 Å². The van der Waals surface area contributed by atoms with Crippen LogP contribution in [0.3, 0.4) is 0 Å². The summed E-state index contributed by atoms with van der Waals surface area (Å²) in [5.41, 5.74) is 0.581. The van der Waals surface area contributed by atoms with Crippen LogP contribution in [-0.4, -0.2) is 28.3 Å². The average molecular weight is 343 g/mol. The number of likely N-dealkylation sites (N-methyl/N-ethyl adjacent to an activating group) is 1. The summed E-state index contributed by atoms with van der Waals surface area (Å²) in [5.74, 6) is 0. The Bertz CT molecular complexity index is 678. The highest BCUT2D eigenvalue weighted by Gasteiger charge is 2.16. The Balaban J connectivity index is 2.11. The Morgan fingerprint density at radius 2 is 1.86 bits per heavy atom. The molecule has 4 nitrogen and oxygen atoms in total. The fraction of sp³-hybridized carbons (Fsp3) is 0.286. The van der Waals surface area contributed by atoms with E-state index in [1.807, 2.05) is 31.5 Å². The first-order valence-corrected chi connectivity index (χ1v) is 9.98. The highest BCUT2D eigenvalue weighted by Crippen LogP contribution is 2.25. The lowest BCUT2D eigenvalue weighted by atomic mass is 10.3. The molecule has 0 unspecified atom stereocenters. The Morgan fingerprint density at radius 1 is 1.14 bits per heavy atom. The minimum atomic E-state index is -3.50. The van der Waals surface area contributed by atoms with Crippen LogP contribution in [0.25, 0.3) is 0 Å². The third-order valence-corrected chi connectivity index (χ3v) is 6.63. The van der Waals surface area contributed by atoms with Crippen molar-refractivity contribution in [3.63, 3.8) is 0 Å². The number of sulfonamides is 1. The number of hydrogen-bond donors (Lipinski definition) is 2. The standard InChI is InChI=1S/C14H18N2O2S3/c1-15-10-9-13-7-8-14(20-13)21(17,18)16-11-3-5-12(19-2)6-4-11/h3-8,15-16H,9-10H2,1-2H3. The third-order valence-electron chi connectivity index (χ3n) is 2.87. The Labute approximate surface area is 134 Å². The average Bonchev–Trinajstić information content (AvgIpc) is 2.95. The maximum absolute atomic E-state index is 12.3. The van der Waals surface area contributed by atoms with E-state index in [9.17, 15) is 8.42 Å². The zero-order valence-corrected chi connectivity index (χ0v) is 14.4. The minimum Gasteiger partial charge on any atom is -0.319 e. The van der Waals surface area contributed by atoms with E-state index in [2.05, 4.69) is 10.0 Å². The molecule has 0 radical (unpaired) electrons. The summed E-state index contributed by atoms with van der Waals surface area (Å²) in [6, 6.07) is 10.9. The van der Waals surface area contributed by atoms with Gasteiger partial charge in [-0.1, -0.05) is 0 Å². The normalized spacial score (nSPS) is 11.5. The van der Waals surface area contributed by atoms with Gasteiger partial charge in [-0.3, -0.25) is 4.72 Å². The third kappa shape index (κ3) is 4.47. The topological polar surface area (TPSA) is 58.2 Å². The van der Waals surface area contributed by atoms with E-state index in [1.165, 1.54) is 11.3 Å². The van der Waals surface area contributed by atoms with Crippen LogP contribution in [0.4, 0.5) is 5.69 Å². The van der Waals surface area contributed by atoms with E-state index in [0.29, 0.717) is 9.90 Å². The van der Waals surface area contributed by atoms with Gasteiger partial charge in [0.25, 0.3) is 10.0 Å². The van der Waals surface area contributed by atoms with Crippen LogP contribution in [0.1, 0.15) is 4.88 Å². The number of hydrogen-bond acceptors (Lipinski definition) is 5. The highest BCUT2D eigenvalue weighted by molar-refractivity contribution is 7.98. The van der Waals surface area contributed by atoms with Crippen molar-refractivity contribution in [2.45, 2.75) is 15.5 Å². The SMILES string of the molecule is CNCCc1ccc(S(=O)(=O)Nc2ccc(SC)cc2)s1. The molecule has 1 aromatic carbocycles. The predicted octanol–water partition coefficient (Wildman–Crippen LogP) is 3.03. The van der Waals surface area contributed by atoms with Gasteiger partial charge in [-0.2, -0.15) is 0 Å². The molecule has 1 heterocycles. The van der Waals surface area contributed by atoms with Gasteiger partial charge in [0.2, 0.25) is 0 Å². The van der Waals surface area contributed by atoms with Gasteiger partial charge < -0.3 is 5.32 Å². The zero-order valence-electron chi connectivity index (χ0n) is 11.9. The van der Waals surface area contributed by atoms with E-state index in [0.717, 1.165) is 22.7 Å². The van der Waals surface area contributed by atoms with Crippen LogP contribution in [0.15, 0.2) is 45.5 Å². The number of nitrogens with one attached hydrogen (secondary N) is 2. The Kier molecular flexibility index (Phi) is 5.69. The van der Waals surface area contributed by atoms with E-state index in [1.54, 1.807) is 30.0 Å². The summed E-state index contributed by atoms with van der Waals surface area (Å²) in [6.45, 7) is 0.837. The molecule has 21 heavy (non-hydrogen) atoms. The van der Waals surface area contributed by atoms with E-state index in [4.69, 9.17) is 0 Å². The van der Waals surface area contributed by atoms with Gasteiger partial charge in [0.15, 0.2) is 0 Å². The molecule has 2 aromatic rings. The van der Waals surface area contributed by atoms with Crippen LogP contribution in [-0.2, 0) is 16.4 Å². The molecule has 0 aliphatic heterocycles. The summed E-state index contributed by atoms with van der Waals surface area (Å²) in [6.07, 6.45) is 2.82. The smallest absolute Gasteiger partial charge is 0.271 e. The maximum Gasteiger partial charge on any atom is 0.271 e. The van der Waals surface area contributed by atoms with Gasteiger partial charge in [-0.15, -0.1) is 23.1 Å². The number of anilines is 1. The van der Waals surface area contributed by atoms with Crippen molar-refractivity contribution >= 4 is 38.8 Å². The molecule has 0 atom stereocenters. The molecule has 1 aromatic heterocycles. The maximum atomic E-state index is 12.3. The monoisotopic (exact) mass is 342 g/mol. The van der Waals surface area contributed by atoms with Crippen molar-refractivity contribution in [2.24, 2.45) is 0 Å². The first-order valence-electron chi connectivity index (χ1n) is 6.45. The molecular formula is C14H18N2O2S3. The first kappa shape index (κ1) is 16.4. The number of thioether (sulfide) groups is 1. The lowest BCUT2D eigenvalue weighted by Crippen LogP contribution is -2.11. The number of thiophene rings is 1. The van der Waals surface area contributed by atoms with Crippen LogP contribution in [0.2, 0.25) is 0 Å². The summed E-state index contributed by atoms with van der Waals surface area (Å²) in [4.78, 5) is 2.16. The molecule has 2 N–H and O–H groups in total. The Hall–Kier alpha value is -1.02. The molecule has 114 valence electrons. The molecule has 7 heteroatoms. The van der Waals surface area contributed by atoms with Gasteiger partial charge in [-0.25, -0.2) is 8.42 Å². The highest BCUT2D eigenvalue weighted by atomic mass is 32.2. The second-order valence-electron chi connectivity index (χ2n) is 4.41. The van der Waals surface area contributed by atoms with Crippen LogP contribution < -0.4 is 10.0 Å². The molecule has 0 saturated heterocycles. The van der Waals surface area contributed by atoms with Gasteiger partial charge in [0.05, 0.1) is 0 Å².